The highest BCUT2D eigenvalue weighted by atomic mass is 35.5. The molecule has 0 fully saturated rings. The van der Waals surface area contributed by atoms with E-state index in [-0.39, 0.29) is 68.2 Å². The lowest BCUT2D eigenvalue weighted by Crippen LogP contribution is -2.16. The van der Waals surface area contributed by atoms with Gasteiger partial charge < -0.3 is 42.2 Å². The van der Waals surface area contributed by atoms with Gasteiger partial charge in [-0.05, 0) is 24.3 Å². The van der Waals surface area contributed by atoms with Crippen LogP contribution in [0.3, 0.4) is 0 Å². The minimum atomic E-state index is -4.20. The van der Waals surface area contributed by atoms with Gasteiger partial charge in [0.2, 0.25) is 29.4 Å². The molecule has 244 valence electrons. The van der Waals surface area contributed by atoms with E-state index in [1.807, 2.05) is 0 Å². The van der Waals surface area contributed by atoms with Crippen LogP contribution in [-0.2, 0) is 18.3 Å². The van der Waals surface area contributed by atoms with E-state index in [4.69, 9.17) is 65.4 Å². The van der Waals surface area contributed by atoms with Crippen molar-refractivity contribution in [3.05, 3.63) is 69.7 Å². The quantitative estimate of drug-likeness (QED) is 0.103. The second-order valence-electron chi connectivity index (χ2n) is 8.63. The third-order valence-corrected chi connectivity index (χ3v) is 8.53. The third-order valence-electron chi connectivity index (χ3n) is 5.99. The van der Waals surface area contributed by atoms with Crippen LogP contribution in [-0.4, -0.2) is 68.6 Å². The summed E-state index contributed by atoms with van der Waals surface area (Å²) in [7, 11) is 3.59. The Hall–Kier alpha value is -4.40. The molecule has 18 heteroatoms. The molecule has 0 saturated carbocycles. The van der Waals surface area contributed by atoms with E-state index >= 15 is 0 Å². The normalized spacial score (nSPS) is 11.7. The number of ether oxygens (including phenoxy) is 7. The fraction of sp³-hybridized carbons (Fsp3) is 0.250. The van der Waals surface area contributed by atoms with E-state index in [0.717, 1.165) is 14.2 Å². The average molecular weight is 697 g/mol. The number of carbonyl (C=O) groups is 1. The Morgan fingerprint density at radius 1 is 0.696 bits per heavy atom. The minimum Gasteiger partial charge on any atom is -0.481 e. The SMILES string of the molecule is COc1cc(OC)nc(Oc2cccc(Oc3nc(OC)cc(OC)n3)c2C(=O)OC(c2ccc(Cl)cc2Cl)P(=O)(OC)OC)n1. The van der Waals surface area contributed by atoms with Crippen LogP contribution < -0.4 is 28.4 Å². The zero-order valence-electron chi connectivity index (χ0n) is 25.2. The van der Waals surface area contributed by atoms with Crippen LogP contribution >= 0.6 is 30.8 Å². The molecule has 0 radical (unpaired) electrons. The maximum atomic E-state index is 14.1. The molecule has 1 atom stereocenters. The summed E-state index contributed by atoms with van der Waals surface area (Å²) in [6.45, 7) is 0. The highest BCUT2D eigenvalue weighted by Gasteiger charge is 2.41. The molecule has 0 aliphatic carbocycles. The Bertz CT molecular complexity index is 1640. The van der Waals surface area contributed by atoms with Gasteiger partial charge in [-0.1, -0.05) is 35.3 Å². The van der Waals surface area contributed by atoms with E-state index in [0.29, 0.717) is 0 Å². The summed E-state index contributed by atoms with van der Waals surface area (Å²) in [6, 6.07) is 10.9. The molecule has 4 aromatic rings. The summed E-state index contributed by atoms with van der Waals surface area (Å²) >= 11 is 12.5. The highest BCUT2D eigenvalue weighted by Crippen LogP contribution is 2.62. The molecule has 46 heavy (non-hydrogen) atoms. The van der Waals surface area contributed by atoms with Crippen molar-refractivity contribution >= 4 is 36.8 Å². The van der Waals surface area contributed by atoms with E-state index in [1.165, 1.54) is 77.0 Å². The van der Waals surface area contributed by atoms with Crippen LogP contribution in [0.5, 0.6) is 47.0 Å². The highest BCUT2D eigenvalue weighted by molar-refractivity contribution is 7.54. The van der Waals surface area contributed by atoms with Crippen molar-refractivity contribution in [3.63, 3.8) is 0 Å². The predicted molar refractivity (Wildman–Crippen MR) is 163 cm³/mol. The Kier molecular flexibility index (Phi) is 11.4. The van der Waals surface area contributed by atoms with E-state index in [9.17, 15) is 9.36 Å². The molecular formula is C28H27Cl2N4O11P. The van der Waals surface area contributed by atoms with Gasteiger partial charge >= 0.3 is 25.6 Å². The van der Waals surface area contributed by atoms with Crippen molar-refractivity contribution in [2.75, 3.05) is 42.7 Å². The second kappa shape index (κ2) is 15.3. The molecule has 0 amide bonds. The number of hydrogen-bond donors (Lipinski definition) is 0. The topological polar surface area (TPSA) is 169 Å². The summed E-state index contributed by atoms with van der Waals surface area (Å²) in [5.74, 6) is -2.72. The standard InChI is InChI=1S/C28H27Cl2N4O11P/c1-37-20-13-21(38-2)32-27(31-20)43-18-8-7-9-19(44-28-33-22(39-3)14-23(34-28)40-4)24(18)25(35)45-26(46(36,41-5)42-6)16-11-10-15(29)12-17(16)30/h7-14,26H,1-6H3. The molecule has 0 aliphatic rings. The first-order valence-electron chi connectivity index (χ1n) is 12.9. The van der Waals surface area contributed by atoms with Crippen molar-refractivity contribution in [3.8, 4) is 47.0 Å². The maximum absolute atomic E-state index is 14.1. The van der Waals surface area contributed by atoms with Crippen LogP contribution in [0.2, 0.25) is 10.0 Å². The molecule has 0 saturated heterocycles. The lowest BCUT2D eigenvalue weighted by molar-refractivity contribution is 0.0376. The Morgan fingerprint density at radius 2 is 1.15 bits per heavy atom. The van der Waals surface area contributed by atoms with Gasteiger partial charge in [0.25, 0.3) is 0 Å². The number of benzene rings is 2. The summed E-state index contributed by atoms with van der Waals surface area (Å²) in [4.78, 5) is 30.7. The monoisotopic (exact) mass is 696 g/mol. The van der Waals surface area contributed by atoms with Crippen molar-refractivity contribution in [2.45, 2.75) is 5.85 Å². The Balaban J connectivity index is 1.87. The number of methoxy groups -OCH3 is 4. The Morgan fingerprint density at radius 3 is 1.54 bits per heavy atom. The van der Waals surface area contributed by atoms with Gasteiger partial charge in [-0.2, -0.15) is 19.9 Å². The molecular weight excluding hydrogens is 670 g/mol. The van der Waals surface area contributed by atoms with Gasteiger partial charge in [0, 0.05) is 29.8 Å². The van der Waals surface area contributed by atoms with Crippen molar-refractivity contribution in [2.24, 2.45) is 0 Å². The zero-order valence-corrected chi connectivity index (χ0v) is 27.6. The van der Waals surface area contributed by atoms with E-state index < -0.39 is 19.4 Å². The number of aromatic nitrogens is 4. The predicted octanol–water partition coefficient (Wildman–Crippen LogP) is 6.53. The average Bonchev–Trinajstić information content (AvgIpc) is 3.06. The van der Waals surface area contributed by atoms with Gasteiger partial charge in [-0.25, -0.2) is 4.79 Å². The number of halogens is 2. The third kappa shape index (κ3) is 7.87. The first-order valence-corrected chi connectivity index (χ1v) is 15.2. The maximum Gasteiger partial charge on any atom is 0.375 e. The minimum absolute atomic E-state index is 0.0226. The number of hydrogen-bond acceptors (Lipinski definition) is 15. The van der Waals surface area contributed by atoms with Crippen LogP contribution in [0.1, 0.15) is 21.8 Å². The zero-order chi connectivity index (χ0) is 33.4. The van der Waals surface area contributed by atoms with Crippen LogP contribution in [0.4, 0.5) is 0 Å². The van der Waals surface area contributed by atoms with Gasteiger partial charge in [-0.15, -0.1) is 0 Å². The van der Waals surface area contributed by atoms with Crippen LogP contribution in [0.15, 0.2) is 48.5 Å². The molecule has 0 N–H and O–H groups in total. The molecule has 0 spiro atoms. The smallest absolute Gasteiger partial charge is 0.375 e. The van der Waals surface area contributed by atoms with E-state index in [2.05, 4.69) is 19.9 Å². The molecule has 2 aromatic carbocycles. The van der Waals surface area contributed by atoms with Crippen LogP contribution in [0, 0.1) is 0 Å². The first kappa shape index (κ1) is 34.5. The number of rotatable bonds is 14. The molecule has 2 heterocycles. The summed E-state index contributed by atoms with van der Waals surface area (Å²) in [5.41, 5.74) is -0.263. The molecule has 0 bridgehead atoms. The first-order chi connectivity index (χ1) is 22.1. The van der Waals surface area contributed by atoms with Gasteiger partial charge in [0.1, 0.15) is 17.1 Å². The number of nitrogens with zero attached hydrogens (tertiary/aromatic N) is 4. The molecule has 15 nitrogen and oxygen atoms in total. The lowest BCUT2D eigenvalue weighted by Gasteiger charge is -2.26. The fourth-order valence-corrected chi connectivity index (χ4v) is 5.69. The Labute approximate surface area is 273 Å². The molecule has 0 aliphatic heterocycles. The summed E-state index contributed by atoms with van der Waals surface area (Å²) in [6.07, 6.45) is 0. The van der Waals surface area contributed by atoms with Crippen molar-refractivity contribution in [1.82, 2.24) is 19.9 Å². The lowest BCUT2D eigenvalue weighted by atomic mass is 10.1. The summed E-state index contributed by atoms with van der Waals surface area (Å²) < 4.78 is 62.5. The molecule has 4 rings (SSSR count). The second-order valence-corrected chi connectivity index (χ2v) is 11.8. The number of carbonyl (C=O) groups excluding carboxylic acids is 1. The molecule has 1 unspecified atom stereocenters. The van der Waals surface area contributed by atoms with Crippen molar-refractivity contribution < 1.29 is 51.6 Å². The van der Waals surface area contributed by atoms with Gasteiger partial charge in [0.05, 0.1) is 40.6 Å². The van der Waals surface area contributed by atoms with Crippen LogP contribution in [0.25, 0.3) is 0 Å². The number of esters is 1. The van der Waals surface area contributed by atoms with Crippen molar-refractivity contribution in [1.29, 1.82) is 0 Å². The van der Waals surface area contributed by atoms with E-state index in [1.54, 1.807) is 0 Å². The largest absolute Gasteiger partial charge is 0.481 e. The molecule has 2 aromatic heterocycles. The fourth-order valence-electron chi connectivity index (χ4n) is 3.78. The van der Waals surface area contributed by atoms with Gasteiger partial charge in [-0.3, -0.25) is 4.57 Å². The summed E-state index contributed by atoms with van der Waals surface area (Å²) in [5, 5.41) is 0.301. The van der Waals surface area contributed by atoms with Gasteiger partial charge in [0.15, 0.2) is 0 Å².